The molecule has 100 valence electrons. The minimum Gasteiger partial charge on any atom is -0.493 e. The standard InChI is InChI=1S/C11H12F2INO3/c1-3-18-7(16)4-6-5-15-9(11(12)13)10(17-2)8(6)14/h5,11H,3-4H2,1-2H3. The van der Waals surface area contributed by atoms with Gasteiger partial charge < -0.3 is 9.47 Å². The average Bonchev–Trinajstić information content (AvgIpc) is 2.31. The number of esters is 1. The van der Waals surface area contributed by atoms with E-state index in [1.807, 2.05) is 22.6 Å². The zero-order valence-electron chi connectivity index (χ0n) is 9.87. The van der Waals surface area contributed by atoms with Gasteiger partial charge in [0.2, 0.25) is 0 Å². The summed E-state index contributed by atoms with van der Waals surface area (Å²) in [5.74, 6) is -0.420. The SMILES string of the molecule is CCOC(=O)Cc1cnc(C(F)F)c(OC)c1I. The minimum absolute atomic E-state index is 0.00685. The lowest BCUT2D eigenvalue weighted by Gasteiger charge is -2.12. The molecule has 0 fully saturated rings. The Morgan fingerprint density at radius 2 is 2.22 bits per heavy atom. The smallest absolute Gasteiger partial charge is 0.310 e. The largest absolute Gasteiger partial charge is 0.493 e. The number of halogens is 3. The number of carbonyl (C=O) groups is 1. The zero-order valence-corrected chi connectivity index (χ0v) is 12.0. The molecule has 0 aliphatic heterocycles. The lowest BCUT2D eigenvalue weighted by Crippen LogP contribution is -2.10. The first-order chi connectivity index (χ1) is 8.51. The summed E-state index contributed by atoms with van der Waals surface area (Å²) in [7, 11) is 1.29. The molecule has 1 heterocycles. The Morgan fingerprint density at radius 1 is 1.56 bits per heavy atom. The van der Waals surface area contributed by atoms with E-state index in [1.54, 1.807) is 6.92 Å². The molecule has 1 aromatic heterocycles. The highest BCUT2D eigenvalue weighted by molar-refractivity contribution is 14.1. The van der Waals surface area contributed by atoms with E-state index < -0.39 is 18.1 Å². The highest BCUT2D eigenvalue weighted by Crippen LogP contribution is 2.33. The third-order valence-electron chi connectivity index (χ3n) is 2.12. The summed E-state index contributed by atoms with van der Waals surface area (Å²) < 4.78 is 35.5. The predicted molar refractivity (Wildman–Crippen MR) is 68.8 cm³/mol. The van der Waals surface area contributed by atoms with E-state index in [2.05, 4.69) is 4.98 Å². The Labute approximate surface area is 117 Å². The third-order valence-corrected chi connectivity index (χ3v) is 3.31. The first-order valence-electron chi connectivity index (χ1n) is 5.16. The van der Waals surface area contributed by atoms with Gasteiger partial charge in [-0.05, 0) is 35.1 Å². The van der Waals surface area contributed by atoms with Crippen LogP contribution in [0.15, 0.2) is 6.20 Å². The van der Waals surface area contributed by atoms with Gasteiger partial charge in [0.25, 0.3) is 6.43 Å². The van der Waals surface area contributed by atoms with Crippen LogP contribution >= 0.6 is 22.6 Å². The van der Waals surface area contributed by atoms with Crippen molar-refractivity contribution in [1.29, 1.82) is 0 Å². The highest BCUT2D eigenvalue weighted by atomic mass is 127. The summed E-state index contributed by atoms with van der Waals surface area (Å²) >= 11 is 1.86. The van der Waals surface area contributed by atoms with Crippen molar-refractivity contribution in [3.05, 3.63) is 21.0 Å². The fourth-order valence-corrected chi connectivity index (χ4v) is 2.19. The third kappa shape index (κ3) is 3.50. The van der Waals surface area contributed by atoms with Gasteiger partial charge >= 0.3 is 5.97 Å². The van der Waals surface area contributed by atoms with Gasteiger partial charge in [-0.25, -0.2) is 8.78 Å². The van der Waals surface area contributed by atoms with E-state index in [4.69, 9.17) is 9.47 Å². The van der Waals surface area contributed by atoms with E-state index in [-0.39, 0.29) is 18.8 Å². The minimum atomic E-state index is -2.72. The number of alkyl halides is 2. The predicted octanol–water partition coefficient (Wildman–Crippen LogP) is 2.74. The number of ether oxygens (including phenoxy) is 2. The van der Waals surface area contributed by atoms with Crippen LogP contribution in [0.3, 0.4) is 0 Å². The van der Waals surface area contributed by atoms with Crippen LogP contribution in [0, 0.1) is 3.57 Å². The van der Waals surface area contributed by atoms with Crippen molar-refractivity contribution < 1.29 is 23.0 Å². The van der Waals surface area contributed by atoms with Gasteiger partial charge in [-0.1, -0.05) is 0 Å². The van der Waals surface area contributed by atoms with Gasteiger partial charge in [-0.3, -0.25) is 9.78 Å². The van der Waals surface area contributed by atoms with Crippen LogP contribution in [0.2, 0.25) is 0 Å². The summed E-state index contributed by atoms with van der Waals surface area (Å²) in [4.78, 5) is 15.0. The first-order valence-corrected chi connectivity index (χ1v) is 6.24. The highest BCUT2D eigenvalue weighted by Gasteiger charge is 2.21. The Bertz CT molecular complexity index is 441. The number of pyridine rings is 1. The van der Waals surface area contributed by atoms with Crippen molar-refractivity contribution in [3.63, 3.8) is 0 Å². The summed E-state index contributed by atoms with van der Waals surface area (Å²) in [6.07, 6.45) is -1.48. The average molecular weight is 371 g/mol. The molecule has 0 saturated carbocycles. The Morgan fingerprint density at radius 3 is 2.72 bits per heavy atom. The lowest BCUT2D eigenvalue weighted by molar-refractivity contribution is -0.142. The van der Waals surface area contributed by atoms with Crippen LogP contribution in [-0.2, 0) is 16.0 Å². The van der Waals surface area contributed by atoms with Gasteiger partial charge in [0, 0.05) is 6.20 Å². The molecule has 7 heteroatoms. The molecule has 0 amide bonds. The van der Waals surface area contributed by atoms with Crippen molar-refractivity contribution in [2.75, 3.05) is 13.7 Å². The van der Waals surface area contributed by atoms with Gasteiger partial charge in [-0.2, -0.15) is 0 Å². The zero-order chi connectivity index (χ0) is 13.7. The van der Waals surface area contributed by atoms with E-state index >= 15 is 0 Å². The monoisotopic (exact) mass is 371 g/mol. The van der Waals surface area contributed by atoms with E-state index in [0.717, 1.165) is 0 Å². The maximum atomic E-state index is 12.7. The van der Waals surface area contributed by atoms with Crippen LogP contribution < -0.4 is 4.74 Å². The van der Waals surface area contributed by atoms with Crippen molar-refractivity contribution in [1.82, 2.24) is 4.98 Å². The Balaban J connectivity index is 3.05. The fraction of sp³-hybridized carbons (Fsp3) is 0.455. The van der Waals surface area contributed by atoms with E-state index in [1.165, 1.54) is 13.3 Å². The molecule has 0 radical (unpaired) electrons. The number of rotatable bonds is 5. The molecule has 1 rings (SSSR count). The molecule has 0 aliphatic rings. The quantitative estimate of drug-likeness (QED) is 0.590. The molecule has 4 nitrogen and oxygen atoms in total. The fourth-order valence-electron chi connectivity index (χ4n) is 1.36. The van der Waals surface area contributed by atoms with Gasteiger partial charge in [0.05, 0.1) is 23.7 Å². The number of hydrogen-bond acceptors (Lipinski definition) is 4. The molecule has 18 heavy (non-hydrogen) atoms. The number of methoxy groups -OCH3 is 1. The molecule has 0 unspecified atom stereocenters. The van der Waals surface area contributed by atoms with Gasteiger partial charge in [0.1, 0.15) is 5.69 Å². The molecule has 1 aromatic rings. The molecule has 0 N–H and O–H groups in total. The van der Waals surface area contributed by atoms with E-state index in [0.29, 0.717) is 9.13 Å². The summed E-state index contributed by atoms with van der Waals surface area (Å²) in [5.41, 5.74) is 0.0878. The molecular formula is C11H12F2INO3. The summed E-state index contributed by atoms with van der Waals surface area (Å²) in [5, 5.41) is 0. The van der Waals surface area contributed by atoms with Gasteiger partial charge in [0.15, 0.2) is 5.75 Å². The Kier molecular flexibility index (Phi) is 5.70. The topological polar surface area (TPSA) is 48.4 Å². The summed E-state index contributed by atoms with van der Waals surface area (Å²) in [6, 6.07) is 0. The van der Waals surface area contributed by atoms with Crippen molar-refractivity contribution in [2.24, 2.45) is 0 Å². The van der Waals surface area contributed by atoms with Gasteiger partial charge in [-0.15, -0.1) is 0 Å². The second-order valence-corrected chi connectivity index (χ2v) is 4.38. The van der Waals surface area contributed by atoms with E-state index in [9.17, 15) is 13.6 Å². The van der Waals surface area contributed by atoms with Crippen LogP contribution in [0.1, 0.15) is 24.6 Å². The number of carbonyl (C=O) groups excluding carboxylic acids is 1. The molecular weight excluding hydrogens is 359 g/mol. The van der Waals surface area contributed by atoms with Crippen molar-refractivity contribution in [2.45, 2.75) is 19.8 Å². The van der Waals surface area contributed by atoms with Crippen molar-refractivity contribution in [3.8, 4) is 5.75 Å². The number of hydrogen-bond donors (Lipinski definition) is 0. The maximum absolute atomic E-state index is 12.7. The maximum Gasteiger partial charge on any atom is 0.310 e. The molecule has 0 atom stereocenters. The number of aromatic nitrogens is 1. The number of nitrogens with zero attached hydrogens (tertiary/aromatic N) is 1. The molecule has 0 saturated heterocycles. The molecule has 0 aromatic carbocycles. The lowest BCUT2D eigenvalue weighted by atomic mass is 10.2. The van der Waals surface area contributed by atoms with Crippen LogP contribution in [0.5, 0.6) is 5.75 Å². The second kappa shape index (κ2) is 6.81. The molecule has 0 spiro atoms. The first kappa shape index (κ1) is 15.1. The van der Waals surface area contributed by atoms with Crippen molar-refractivity contribution >= 4 is 28.6 Å². The van der Waals surface area contributed by atoms with Crippen LogP contribution in [0.4, 0.5) is 8.78 Å². The second-order valence-electron chi connectivity index (χ2n) is 3.30. The molecule has 0 aliphatic carbocycles. The van der Waals surface area contributed by atoms with Crippen LogP contribution in [0.25, 0.3) is 0 Å². The summed E-state index contributed by atoms with van der Waals surface area (Å²) in [6.45, 7) is 1.97. The normalized spacial score (nSPS) is 10.6. The Hall–Kier alpha value is -0.990. The van der Waals surface area contributed by atoms with Crippen LogP contribution in [-0.4, -0.2) is 24.7 Å². The molecule has 0 bridgehead atoms.